The number of nitrogens with one attached hydrogen (secondary N) is 1. The Morgan fingerprint density at radius 2 is 1.70 bits per heavy atom. The van der Waals surface area contributed by atoms with E-state index in [1.807, 2.05) is 13.8 Å². The number of rotatable bonds is 1. The van der Waals surface area contributed by atoms with Crippen LogP contribution >= 0.6 is 0 Å². The monoisotopic (exact) mass is 292 g/mol. The number of ether oxygens (including phenoxy) is 2. The number of methoxy groups -OCH3 is 1. The molecule has 2 saturated heterocycles. The molecule has 122 valence electrons. The Bertz CT molecular complexity index is 225. The minimum atomic E-state index is -0.716. The van der Waals surface area contributed by atoms with Gasteiger partial charge in [-0.3, -0.25) is 0 Å². The molecule has 2 fully saturated rings. The topological polar surface area (TPSA) is 74.2 Å². The molecule has 0 bridgehead atoms. The van der Waals surface area contributed by atoms with E-state index in [1.165, 1.54) is 20.2 Å². The van der Waals surface area contributed by atoms with Crippen LogP contribution in [0.1, 0.15) is 27.2 Å². The molecule has 0 radical (unpaired) electrons. The van der Waals surface area contributed by atoms with Gasteiger partial charge in [-0.25, -0.2) is 0 Å². The maximum absolute atomic E-state index is 9.25. The lowest BCUT2D eigenvalue weighted by atomic mass is 10.0. The maximum Gasteiger partial charge on any atom is 0.183 e. The van der Waals surface area contributed by atoms with Crippen LogP contribution in [0.25, 0.3) is 0 Å². The molecule has 0 aromatic rings. The van der Waals surface area contributed by atoms with Gasteiger partial charge in [-0.2, -0.15) is 0 Å². The summed E-state index contributed by atoms with van der Waals surface area (Å²) in [6, 6.07) is 0. The smallest absolute Gasteiger partial charge is 0.183 e. The van der Waals surface area contributed by atoms with E-state index in [0.29, 0.717) is 6.42 Å². The van der Waals surface area contributed by atoms with E-state index in [4.69, 9.17) is 9.47 Å². The van der Waals surface area contributed by atoms with Gasteiger partial charge in [0.05, 0.1) is 12.2 Å². The predicted molar refractivity (Wildman–Crippen MR) is 79.7 cm³/mol. The van der Waals surface area contributed by atoms with Gasteiger partial charge < -0.3 is 29.9 Å². The Balaban J connectivity index is 0.000000345. The molecule has 0 aromatic carbocycles. The van der Waals surface area contributed by atoms with Gasteiger partial charge in [-0.15, -0.1) is 0 Å². The maximum atomic E-state index is 9.25. The van der Waals surface area contributed by atoms with Crippen molar-refractivity contribution in [1.29, 1.82) is 0 Å². The lowest BCUT2D eigenvalue weighted by Crippen LogP contribution is -2.46. The van der Waals surface area contributed by atoms with Gasteiger partial charge in [0.2, 0.25) is 0 Å². The first-order chi connectivity index (χ1) is 9.54. The van der Waals surface area contributed by atoms with Crippen molar-refractivity contribution < 1.29 is 19.7 Å². The molecule has 0 saturated carbocycles. The summed E-state index contributed by atoms with van der Waals surface area (Å²) in [5, 5.41) is 21.7. The van der Waals surface area contributed by atoms with E-state index in [-0.39, 0.29) is 6.10 Å². The molecular weight excluding hydrogens is 260 g/mol. The number of hydrogen-bond donors (Lipinski definition) is 3. The molecule has 3 N–H and O–H groups in total. The third-order valence-corrected chi connectivity index (χ3v) is 3.26. The SMILES string of the molecule is CC.CN1CCNCC1.COC1O[C@H](C)C(O)C[C@@H]1O. The molecule has 0 aliphatic carbocycles. The Morgan fingerprint density at radius 1 is 1.15 bits per heavy atom. The Morgan fingerprint density at radius 3 is 2.10 bits per heavy atom. The average molecular weight is 292 g/mol. The summed E-state index contributed by atoms with van der Waals surface area (Å²) in [6.45, 7) is 10.5. The fraction of sp³-hybridized carbons (Fsp3) is 1.00. The molecule has 2 unspecified atom stereocenters. The van der Waals surface area contributed by atoms with Gasteiger partial charge in [-0.1, -0.05) is 13.8 Å². The Hall–Kier alpha value is -0.240. The van der Waals surface area contributed by atoms with Crippen molar-refractivity contribution in [2.75, 3.05) is 40.3 Å². The van der Waals surface area contributed by atoms with E-state index >= 15 is 0 Å². The third-order valence-electron chi connectivity index (χ3n) is 3.26. The fourth-order valence-electron chi connectivity index (χ4n) is 1.93. The standard InChI is InChI=1S/C7H14O4.C5H12N2.C2H6/c1-4-5(8)3-6(9)7(10-2)11-4;1-7-4-2-6-3-5-7;1-2/h4-9H,3H2,1-2H3;6H,2-5H2,1H3;1-2H3/t4-,5?,6+,7?;;/m1../s1. The molecule has 0 spiro atoms. The minimum absolute atomic E-state index is 0.261. The first-order valence-electron chi connectivity index (χ1n) is 7.48. The number of hydrogen-bond acceptors (Lipinski definition) is 6. The summed E-state index contributed by atoms with van der Waals surface area (Å²) < 4.78 is 9.98. The van der Waals surface area contributed by atoms with Crippen molar-refractivity contribution in [2.45, 2.75) is 51.8 Å². The minimum Gasteiger partial charge on any atom is -0.390 e. The summed E-state index contributed by atoms with van der Waals surface area (Å²) in [6.07, 6.45) is -1.83. The second-order valence-corrected chi connectivity index (χ2v) is 4.87. The summed E-state index contributed by atoms with van der Waals surface area (Å²) in [4.78, 5) is 2.33. The van der Waals surface area contributed by atoms with Crippen LogP contribution in [0.4, 0.5) is 0 Å². The van der Waals surface area contributed by atoms with E-state index in [2.05, 4.69) is 17.3 Å². The van der Waals surface area contributed by atoms with E-state index < -0.39 is 18.5 Å². The molecule has 0 amide bonds. The lowest BCUT2D eigenvalue weighted by Gasteiger charge is -2.34. The van der Waals surface area contributed by atoms with Crippen molar-refractivity contribution in [3.8, 4) is 0 Å². The van der Waals surface area contributed by atoms with Crippen LogP contribution in [-0.2, 0) is 9.47 Å². The van der Waals surface area contributed by atoms with Crippen molar-refractivity contribution in [3.05, 3.63) is 0 Å². The highest BCUT2D eigenvalue weighted by molar-refractivity contribution is 4.77. The number of aliphatic hydroxyl groups excluding tert-OH is 2. The molecule has 0 aromatic heterocycles. The summed E-state index contributed by atoms with van der Waals surface area (Å²) in [7, 11) is 3.62. The number of aliphatic hydroxyl groups is 2. The Kier molecular flexibility index (Phi) is 11.3. The number of likely N-dealkylation sites (N-methyl/N-ethyl adjacent to an activating group) is 1. The van der Waals surface area contributed by atoms with Gasteiger partial charge in [0.25, 0.3) is 0 Å². The van der Waals surface area contributed by atoms with Gasteiger partial charge in [-0.05, 0) is 14.0 Å². The van der Waals surface area contributed by atoms with Crippen molar-refractivity contribution in [2.24, 2.45) is 0 Å². The summed E-state index contributed by atoms with van der Waals surface area (Å²) in [5.41, 5.74) is 0. The number of nitrogens with zero attached hydrogens (tertiary/aromatic N) is 1. The molecule has 6 nitrogen and oxygen atoms in total. The van der Waals surface area contributed by atoms with Crippen LogP contribution in [0.2, 0.25) is 0 Å². The molecule has 4 atom stereocenters. The zero-order valence-electron chi connectivity index (χ0n) is 13.5. The molecule has 2 aliphatic heterocycles. The van der Waals surface area contributed by atoms with Crippen LogP contribution < -0.4 is 5.32 Å². The highest BCUT2D eigenvalue weighted by Gasteiger charge is 2.33. The van der Waals surface area contributed by atoms with Crippen molar-refractivity contribution in [1.82, 2.24) is 10.2 Å². The molecule has 2 heterocycles. The number of piperazine rings is 1. The van der Waals surface area contributed by atoms with Gasteiger partial charge in [0.15, 0.2) is 6.29 Å². The van der Waals surface area contributed by atoms with Gasteiger partial charge in [0.1, 0.15) is 6.10 Å². The van der Waals surface area contributed by atoms with E-state index in [1.54, 1.807) is 6.92 Å². The second kappa shape index (κ2) is 11.4. The molecular formula is C14H32N2O4. The molecule has 2 aliphatic rings. The van der Waals surface area contributed by atoms with Crippen LogP contribution in [0.3, 0.4) is 0 Å². The molecule has 20 heavy (non-hydrogen) atoms. The first kappa shape index (κ1) is 19.8. The Labute approximate surface area is 123 Å². The zero-order chi connectivity index (χ0) is 15.5. The lowest BCUT2D eigenvalue weighted by molar-refractivity contribution is -0.251. The first-order valence-corrected chi connectivity index (χ1v) is 7.48. The highest BCUT2D eigenvalue weighted by atomic mass is 16.7. The predicted octanol–water partition coefficient (Wildman–Crippen LogP) is 0.0371. The fourth-order valence-corrected chi connectivity index (χ4v) is 1.93. The van der Waals surface area contributed by atoms with E-state index in [0.717, 1.165) is 13.1 Å². The average Bonchev–Trinajstić information content (AvgIpc) is 2.46. The van der Waals surface area contributed by atoms with E-state index in [9.17, 15) is 10.2 Å². The van der Waals surface area contributed by atoms with Crippen LogP contribution in [0.5, 0.6) is 0 Å². The highest BCUT2D eigenvalue weighted by Crippen LogP contribution is 2.19. The van der Waals surface area contributed by atoms with Crippen LogP contribution in [0.15, 0.2) is 0 Å². The van der Waals surface area contributed by atoms with Crippen LogP contribution in [0, 0.1) is 0 Å². The zero-order valence-corrected chi connectivity index (χ0v) is 13.5. The largest absolute Gasteiger partial charge is 0.390 e. The van der Waals surface area contributed by atoms with Crippen molar-refractivity contribution in [3.63, 3.8) is 0 Å². The third kappa shape index (κ3) is 7.52. The van der Waals surface area contributed by atoms with Gasteiger partial charge in [0, 0.05) is 39.7 Å². The van der Waals surface area contributed by atoms with Crippen molar-refractivity contribution >= 4 is 0 Å². The second-order valence-electron chi connectivity index (χ2n) is 4.87. The normalized spacial score (nSPS) is 34.4. The molecule has 6 heteroatoms. The summed E-state index contributed by atoms with van der Waals surface area (Å²) >= 11 is 0. The quantitative estimate of drug-likeness (QED) is 0.633. The van der Waals surface area contributed by atoms with Crippen LogP contribution in [-0.4, -0.2) is 80.1 Å². The summed E-state index contributed by atoms with van der Waals surface area (Å²) in [5.74, 6) is 0. The van der Waals surface area contributed by atoms with Gasteiger partial charge >= 0.3 is 0 Å². The molecule has 2 rings (SSSR count).